The first kappa shape index (κ1) is 16.2. The fraction of sp³-hybridized carbons (Fsp3) is 0.368. The number of Topliss-reactive ketones (excluding diaryl/α,β-unsaturated/α-hetero) is 1. The molecule has 3 heteroatoms. The van der Waals surface area contributed by atoms with Gasteiger partial charge in [0.05, 0.1) is 0 Å². The summed E-state index contributed by atoms with van der Waals surface area (Å²) in [6.45, 7) is 0.339. The van der Waals surface area contributed by atoms with Crippen molar-refractivity contribution in [2.24, 2.45) is 0 Å². The Hall–Kier alpha value is -2.16. The molecule has 0 aromatic heterocycles. The predicted octanol–water partition coefficient (Wildman–Crippen LogP) is 4.14. The van der Waals surface area contributed by atoms with Gasteiger partial charge in [-0.3, -0.25) is 9.59 Å². The van der Waals surface area contributed by atoms with Crippen LogP contribution in [-0.4, -0.2) is 11.8 Å². The number of ether oxygens (including phenoxy) is 1. The van der Waals surface area contributed by atoms with Gasteiger partial charge in [-0.25, -0.2) is 0 Å². The van der Waals surface area contributed by atoms with Gasteiger partial charge in [0.1, 0.15) is 6.61 Å². The summed E-state index contributed by atoms with van der Waals surface area (Å²) >= 11 is 0. The molecule has 3 nitrogen and oxygen atoms in total. The molecule has 0 bridgehead atoms. The fourth-order valence-corrected chi connectivity index (χ4v) is 2.35. The van der Waals surface area contributed by atoms with Gasteiger partial charge >= 0.3 is 5.97 Å². The minimum Gasteiger partial charge on any atom is -0.461 e. The first-order valence-corrected chi connectivity index (χ1v) is 7.82. The molecule has 0 aliphatic heterocycles. The molecule has 0 atom stereocenters. The molecule has 0 amide bonds. The van der Waals surface area contributed by atoms with Crippen LogP contribution in [0.3, 0.4) is 0 Å². The summed E-state index contributed by atoms with van der Waals surface area (Å²) in [5, 5.41) is 0. The highest BCUT2D eigenvalue weighted by Gasteiger charge is 2.12. The minimum absolute atomic E-state index is 0.161. The molecule has 0 heterocycles. The molecule has 2 rings (SSSR count). The van der Waals surface area contributed by atoms with Crippen LogP contribution in [0, 0.1) is 0 Å². The van der Waals surface area contributed by atoms with Crippen molar-refractivity contribution in [2.75, 3.05) is 0 Å². The molecule has 0 unspecified atom stereocenters. The predicted molar refractivity (Wildman–Crippen MR) is 86.2 cm³/mol. The number of benzene rings is 1. The summed E-state index contributed by atoms with van der Waals surface area (Å²) in [7, 11) is 0. The topological polar surface area (TPSA) is 43.4 Å². The van der Waals surface area contributed by atoms with E-state index >= 15 is 0 Å². The van der Waals surface area contributed by atoms with E-state index in [9.17, 15) is 9.59 Å². The molecule has 22 heavy (non-hydrogen) atoms. The Labute approximate surface area is 131 Å². The second-order valence-electron chi connectivity index (χ2n) is 5.41. The molecule has 0 saturated heterocycles. The summed E-state index contributed by atoms with van der Waals surface area (Å²) in [5.74, 6) is 0.111. The second-order valence-corrected chi connectivity index (χ2v) is 5.41. The van der Waals surface area contributed by atoms with E-state index < -0.39 is 0 Å². The van der Waals surface area contributed by atoms with E-state index in [1.807, 2.05) is 48.6 Å². The van der Waals surface area contributed by atoms with Gasteiger partial charge in [-0.05, 0) is 36.8 Å². The maximum absolute atomic E-state index is 11.6. The summed E-state index contributed by atoms with van der Waals surface area (Å²) in [6, 6.07) is 9.67. The van der Waals surface area contributed by atoms with Gasteiger partial charge in [0.25, 0.3) is 0 Å². The van der Waals surface area contributed by atoms with E-state index in [2.05, 4.69) is 0 Å². The first-order valence-electron chi connectivity index (χ1n) is 7.82. The summed E-state index contributed by atoms with van der Waals surface area (Å²) in [5.41, 5.74) is 1.93. The maximum Gasteiger partial charge on any atom is 0.306 e. The Bertz CT molecular complexity index is 555. The van der Waals surface area contributed by atoms with Gasteiger partial charge < -0.3 is 4.74 Å². The molecule has 1 aliphatic rings. The Kier molecular flexibility index (Phi) is 6.62. The SMILES string of the molecule is O=C(CCC/C=C/CC1=CCCC1=O)OCc1ccccc1. The van der Waals surface area contributed by atoms with Crippen LogP contribution in [0.2, 0.25) is 0 Å². The maximum atomic E-state index is 11.6. The number of hydrogen-bond acceptors (Lipinski definition) is 3. The van der Waals surface area contributed by atoms with Crippen LogP contribution in [-0.2, 0) is 20.9 Å². The molecular formula is C19H22O3. The van der Waals surface area contributed by atoms with E-state index in [0.717, 1.165) is 36.8 Å². The Morgan fingerprint density at radius 2 is 2.00 bits per heavy atom. The first-order chi connectivity index (χ1) is 10.8. The molecule has 1 aliphatic carbocycles. The number of esters is 1. The van der Waals surface area contributed by atoms with Crippen molar-refractivity contribution >= 4 is 11.8 Å². The average molecular weight is 298 g/mol. The van der Waals surface area contributed by atoms with Crippen LogP contribution in [0.4, 0.5) is 0 Å². The van der Waals surface area contributed by atoms with Crippen molar-refractivity contribution in [1.29, 1.82) is 0 Å². The summed E-state index contributed by atoms with van der Waals surface area (Å²) in [6.07, 6.45) is 10.4. The third-order valence-electron chi connectivity index (χ3n) is 3.62. The van der Waals surface area contributed by atoms with Gasteiger partial charge in [-0.1, -0.05) is 48.6 Å². The third kappa shape index (κ3) is 5.68. The molecule has 0 spiro atoms. The lowest BCUT2D eigenvalue weighted by Crippen LogP contribution is -2.03. The molecule has 0 saturated carbocycles. The van der Waals surface area contributed by atoms with Crippen molar-refractivity contribution < 1.29 is 14.3 Å². The van der Waals surface area contributed by atoms with Crippen LogP contribution in [0.5, 0.6) is 0 Å². The molecule has 1 aromatic rings. The van der Waals surface area contributed by atoms with Crippen LogP contribution in [0.25, 0.3) is 0 Å². The Morgan fingerprint density at radius 1 is 1.18 bits per heavy atom. The monoisotopic (exact) mass is 298 g/mol. The lowest BCUT2D eigenvalue weighted by molar-refractivity contribution is -0.145. The number of ketones is 1. The molecule has 0 fully saturated rings. The van der Waals surface area contributed by atoms with E-state index in [0.29, 0.717) is 19.4 Å². The summed E-state index contributed by atoms with van der Waals surface area (Å²) in [4.78, 5) is 23.0. The largest absolute Gasteiger partial charge is 0.461 e. The number of unbranched alkanes of at least 4 members (excludes halogenated alkanes) is 1. The highest BCUT2D eigenvalue weighted by atomic mass is 16.5. The van der Waals surface area contributed by atoms with Crippen molar-refractivity contribution in [3.8, 4) is 0 Å². The molecule has 116 valence electrons. The van der Waals surface area contributed by atoms with Crippen molar-refractivity contribution in [1.82, 2.24) is 0 Å². The lowest BCUT2D eigenvalue weighted by Gasteiger charge is -2.04. The Morgan fingerprint density at radius 3 is 2.73 bits per heavy atom. The summed E-state index contributed by atoms with van der Waals surface area (Å²) < 4.78 is 5.21. The van der Waals surface area contributed by atoms with E-state index in [1.165, 1.54) is 0 Å². The van der Waals surface area contributed by atoms with Gasteiger partial charge in [-0.2, -0.15) is 0 Å². The highest BCUT2D eigenvalue weighted by molar-refractivity contribution is 5.97. The van der Waals surface area contributed by atoms with Gasteiger partial charge in [-0.15, -0.1) is 0 Å². The molecule has 0 N–H and O–H groups in total. The zero-order valence-corrected chi connectivity index (χ0v) is 12.8. The minimum atomic E-state index is -0.161. The number of hydrogen-bond donors (Lipinski definition) is 0. The van der Waals surface area contributed by atoms with E-state index in [1.54, 1.807) is 0 Å². The number of carbonyl (C=O) groups is 2. The van der Waals surface area contributed by atoms with Crippen molar-refractivity contribution in [3.05, 3.63) is 59.7 Å². The zero-order valence-electron chi connectivity index (χ0n) is 12.8. The van der Waals surface area contributed by atoms with E-state index in [-0.39, 0.29) is 11.8 Å². The zero-order chi connectivity index (χ0) is 15.6. The smallest absolute Gasteiger partial charge is 0.306 e. The highest BCUT2D eigenvalue weighted by Crippen LogP contribution is 2.17. The number of allylic oxidation sites excluding steroid dienone is 4. The van der Waals surface area contributed by atoms with Gasteiger partial charge in [0.2, 0.25) is 0 Å². The lowest BCUT2D eigenvalue weighted by atomic mass is 10.1. The standard InChI is InChI=1S/C19H22O3/c20-18-13-8-12-17(18)11-6-1-2-7-14-19(21)22-15-16-9-4-3-5-10-16/h1,3-6,9-10,12H,2,7-8,11,13-15H2/b6-1+. The second kappa shape index (κ2) is 8.98. The number of carbonyl (C=O) groups excluding carboxylic acids is 2. The van der Waals surface area contributed by atoms with Gasteiger partial charge in [0.15, 0.2) is 5.78 Å². The van der Waals surface area contributed by atoms with Crippen LogP contribution < -0.4 is 0 Å². The van der Waals surface area contributed by atoms with Crippen molar-refractivity contribution in [3.63, 3.8) is 0 Å². The van der Waals surface area contributed by atoms with Crippen LogP contribution in [0.1, 0.15) is 44.1 Å². The quantitative estimate of drug-likeness (QED) is 0.411. The molecular weight excluding hydrogens is 276 g/mol. The fourth-order valence-electron chi connectivity index (χ4n) is 2.35. The van der Waals surface area contributed by atoms with Crippen molar-refractivity contribution in [2.45, 2.75) is 45.1 Å². The normalized spacial score (nSPS) is 14.4. The molecule has 1 aromatic carbocycles. The van der Waals surface area contributed by atoms with E-state index in [4.69, 9.17) is 4.74 Å². The van der Waals surface area contributed by atoms with Gasteiger partial charge in [0, 0.05) is 12.8 Å². The molecule has 0 radical (unpaired) electrons. The van der Waals surface area contributed by atoms with Crippen LogP contribution >= 0.6 is 0 Å². The average Bonchev–Trinajstić information content (AvgIpc) is 2.95. The third-order valence-corrected chi connectivity index (χ3v) is 3.62. The van der Waals surface area contributed by atoms with Crippen LogP contribution in [0.15, 0.2) is 54.1 Å². The number of rotatable bonds is 8. The Balaban J connectivity index is 1.54.